The average molecular weight is 574 g/mol. The third-order valence-electron chi connectivity index (χ3n) is 9.48. The summed E-state index contributed by atoms with van der Waals surface area (Å²) in [5.41, 5.74) is 7.06. The zero-order valence-corrected chi connectivity index (χ0v) is 24.5. The van der Waals surface area contributed by atoms with E-state index in [-0.39, 0.29) is 5.91 Å². The molecule has 5 aromatic rings. The van der Waals surface area contributed by atoms with E-state index in [1.54, 1.807) is 6.08 Å². The number of carboxylic acid groups (broad SMARTS) is 1. The van der Waals surface area contributed by atoms with Gasteiger partial charge in [-0.15, -0.1) is 0 Å². The van der Waals surface area contributed by atoms with Crippen molar-refractivity contribution < 1.29 is 14.7 Å². The van der Waals surface area contributed by atoms with Crippen LogP contribution in [-0.2, 0) is 24.4 Å². The first-order valence-corrected chi connectivity index (χ1v) is 15.1. The molecule has 0 spiro atoms. The molecule has 218 valence electrons. The topological polar surface area (TPSA) is 102 Å². The minimum atomic E-state index is -0.991. The van der Waals surface area contributed by atoms with Crippen LogP contribution in [0, 0.1) is 0 Å². The Morgan fingerprint density at radius 3 is 2.49 bits per heavy atom. The van der Waals surface area contributed by atoms with Gasteiger partial charge in [0.2, 0.25) is 0 Å². The molecule has 2 aromatic carbocycles. The molecular weight excluding hydrogens is 538 g/mol. The molecule has 0 unspecified atom stereocenters. The number of imidazole rings is 1. The first kappa shape index (κ1) is 27.1. The molecule has 0 atom stereocenters. The highest BCUT2D eigenvalue weighted by atomic mass is 16.4. The van der Waals surface area contributed by atoms with Gasteiger partial charge in [-0.25, -0.2) is 9.78 Å². The number of carboxylic acids is 1. The van der Waals surface area contributed by atoms with Crippen LogP contribution < -0.4 is 5.32 Å². The van der Waals surface area contributed by atoms with E-state index < -0.39 is 11.5 Å². The molecule has 0 saturated heterocycles. The Bertz CT molecular complexity index is 1910. The number of nitrogens with zero attached hydrogens (tertiary/aromatic N) is 4. The summed E-state index contributed by atoms with van der Waals surface area (Å²) in [6.07, 6.45) is 12.0. The van der Waals surface area contributed by atoms with Crippen molar-refractivity contribution >= 4 is 39.9 Å². The van der Waals surface area contributed by atoms with Crippen molar-refractivity contribution in [3.8, 4) is 11.4 Å². The molecule has 2 aliphatic carbocycles. The van der Waals surface area contributed by atoms with Crippen LogP contribution in [0.5, 0.6) is 0 Å². The van der Waals surface area contributed by atoms with Crippen LogP contribution in [-0.4, -0.2) is 36.1 Å². The van der Waals surface area contributed by atoms with Crippen LogP contribution >= 0.6 is 0 Å². The lowest BCUT2D eigenvalue weighted by atomic mass is 9.75. The van der Waals surface area contributed by atoms with Crippen molar-refractivity contribution in [3.05, 3.63) is 89.4 Å². The number of aromatic nitrogens is 4. The molecule has 1 amide bonds. The third kappa shape index (κ3) is 4.61. The first-order valence-electron chi connectivity index (χ1n) is 15.1. The molecule has 2 saturated carbocycles. The number of nitrogens with one attached hydrogen (secondary N) is 1. The van der Waals surface area contributed by atoms with Crippen molar-refractivity contribution in [3.63, 3.8) is 0 Å². The highest BCUT2D eigenvalue weighted by Crippen LogP contribution is 2.45. The van der Waals surface area contributed by atoms with Crippen molar-refractivity contribution in [1.29, 1.82) is 0 Å². The molecule has 3 aromatic heterocycles. The Morgan fingerprint density at radius 2 is 1.79 bits per heavy atom. The van der Waals surface area contributed by atoms with E-state index in [9.17, 15) is 9.59 Å². The van der Waals surface area contributed by atoms with Gasteiger partial charge in [-0.2, -0.15) is 0 Å². The normalized spacial score (nSPS) is 16.7. The smallest absolute Gasteiger partial charge is 0.328 e. The molecule has 0 bridgehead atoms. The highest BCUT2D eigenvalue weighted by Gasteiger charge is 2.44. The fourth-order valence-corrected chi connectivity index (χ4v) is 7.19. The standard InChI is InChI=1S/C35H35N5O3/c1-39-29-21-24(13-14-25(29)31(23-8-3-4-9-23)32(39)26-10-5-6-19-36-26)33(43)38-35(17-7-18-35)34-37-27-20-22(12-16-30(41)42)11-15-28(27)40(34)2/h5-6,10-16,19-21,23H,3-4,7-9,17-18H2,1-2H3,(H,38,43)(H,41,42)/b16-12+. The van der Waals surface area contributed by atoms with Crippen LogP contribution in [0.1, 0.15) is 78.2 Å². The number of aryl methyl sites for hydroxylation is 2. The second-order valence-electron chi connectivity index (χ2n) is 12.1. The SMILES string of the molecule is Cn1c(C2(NC(=O)c3ccc4c(C5CCCC5)c(-c5ccccn5)n(C)c4c3)CCC2)nc2cc(/C=C/C(=O)O)ccc21. The second-order valence-corrected chi connectivity index (χ2v) is 12.1. The number of rotatable bonds is 7. The van der Waals surface area contributed by atoms with Crippen molar-refractivity contribution in [1.82, 2.24) is 24.4 Å². The maximum absolute atomic E-state index is 13.9. The van der Waals surface area contributed by atoms with Crippen LogP contribution in [0.15, 0.2) is 66.9 Å². The summed E-state index contributed by atoms with van der Waals surface area (Å²) in [6, 6.07) is 17.9. The number of benzene rings is 2. The number of aliphatic carboxylic acids is 1. The Morgan fingerprint density at radius 1 is 0.977 bits per heavy atom. The van der Waals surface area contributed by atoms with Gasteiger partial charge in [0.05, 0.1) is 28.0 Å². The van der Waals surface area contributed by atoms with Crippen molar-refractivity contribution in [2.45, 2.75) is 56.4 Å². The van der Waals surface area contributed by atoms with E-state index in [4.69, 9.17) is 15.1 Å². The van der Waals surface area contributed by atoms with Crippen molar-refractivity contribution in [2.24, 2.45) is 14.1 Å². The molecule has 8 nitrogen and oxygen atoms in total. The summed E-state index contributed by atoms with van der Waals surface area (Å²) in [6.45, 7) is 0. The second kappa shape index (κ2) is 10.5. The molecule has 7 rings (SSSR count). The van der Waals surface area contributed by atoms with Gasteiger partial charge >= 0.3 is 5.97 Å². The average Bonchev–Trinajstić information content (AvgIpc) is 3.71. The summed E-state index contributed by atoms with van der Waals surface area (Å²) in [4.78, 5) is 34.5. The third-order valence-corrected chi connectivity index (χ3v) is 9.48. The maximum atomic E-state index is 13.9. The van der Waals surface area contributed by atoms with Crippen LogP contribution in [0.2, 0.25) is 0 Å². The van der Waals surface area contributed by atoms with Gasteiger partial charge in [-0.3, -0.25) is 9.78 Å². The van der Waals surface area contributed by atoms with Gasteiger partial charge in [-0.05, 0) is 91.6 Å². The molecule has 2 N–H and O–H groups in total. The summed E-state index contributed by atoms with van der Waals surface area (Å²) < 4.78 is 4.26. The highest BCUT2D eigenvalue weighted by molar-refractivity contribution is 6.01. The summed E-state index contributed by atoms with van der Waals surface area (Å²) in [5.74, 6) is 0.217. The Hall–Kier alpha value is -4.72. The van der Waals surface area contributed by atoms with E-state index >= 15 is 0 Å². The summed E-state index contributed by atoms with van der Waals surface area (Å²) >= 11 is 0. The lowest BCUT2D eigenvalue weighted by Crippen LogP contribution is -2.52. The molecule has 8 heteroatoms. The van der Waals surface area contributed by atoms with Gasteiger partial charge < -0.3 is 19.6 Å². The monoisotopic (exact) mass is 573 g/mol. The van der Waals surface area contributed by atoms with E-state index in [1.165, 1.54) is 36.6 Å². The molecule has 43 heavy (non-hydrogen) atoms. The quantitative estimate of drug-likeness (QED) is 0.211. The number of carbonyl (C=O) groups excluding carboxylic acids is 1. The molecular formula is C35H35N5O3. The lowest BCUT2D eigenvalue weighted by Gasteiger charge is -2.41. The summed E-state index contributed by atoms with van der Waals surface area (Å²) in [7, 11) is 4.06. The van der Waals surface area contributed by atoms with Crippen molar-refractivity contribution in [2.75, 3.05) is 0 Å². The first-order chi connectivity index (χ1) is 20.8. The number of fused-ring (bicyclic) bond motifs is 2. The van der Waals surface area contributed by atoms with E-state index in [1.807, 2.05) is 60.3 Å². The lowest BCUT2D eigenvalue weighted by molar-refractivity contribution is -0.131. The van der Waals surface area contributed by atoms with E-state index in [0.29, 0.717) is 11.5 Å². The number of hydrogen-bond acceptors (Lipinski definition) is 4. The van der Waals surface area contributed by atoms with Gasteiger partial charge in [0.1, 0.15) is 5.82 Å². The van der Waals surface area contributed by atoms with E-state index in [2.05, 4.69) is 29.1 Å². The molecule has 0 radical (unpaired) electrons. The van der Waals surface area contributed by atoms with Crippen LogP contribution in [0.25, 0.3) is 39.4 Å². The fraction of sp³-hybridized carbons (Fsp3) is 0.314. The number of carbonyl (C=O) groups is 2. The molecule has 2 aliphatic rings. The zero-order chi connectivity index (χ0) is 29.7. The molecule has 0 aliphatic heterocycles. The molecule has 3 heterocycles. The summed E-state index contributed by atoms with van der Waals surface area (Å²) in [5, 5.41) is 13.6. The Labute approximate surface area is 250 Å². The van der Waals surface area contributed by atoms with Gasteiger partial charge in [0.25, 0.3) is 5.91 Å². The minimum absolute atomic E-state index is 0.110. The predicted octanol–water partition coefficient (Wildman–Crippen LogP) is 6.69. The number of pyridine rings is 1. The Kier molecular flexibility index (Phi) is 6.64. The zero-order valence-electron chi connectivity index (χ0n) is 24.5. The maximum Gasteiger partial charge on any atom is 0.328 e. The van der Waals surface area contributed by atoms with Crippen LogP contribution in [0.4, 0.5) is 0 Å². The van der Waals surface area contributed by atoms with Crippen LogP contribution in [0.3, 0.4) is 0 Å². The number of hydrogen-bond donors (Lipinski definition) is 2. The fourth-order valence-electron chi connectivity index (χ4n) is 7.19. The number of amides is 1. The minimum Gasteiger partial charge on any atom is -0.478 e. The van der Waals surface area contributed by atoms with Gasteiger partial charge in [0, 0.05) is 42.8 Å². The van der Waals surface area contributed by atoms with Gasteiger partial charge in [-0.1, -0.05) is 31.0 Å². The van der Waals surface area contributed by atoms with Gasteiger partial charge in [0.15, 0.2) is 0 Å². The van der Waals surface area contributed by atoms with E-state index in [0.717, 1.165) is 64.7 Å². The largest absolute Gasteiger partial charge is 0.478 e. The Balaban J connectivity index is 1.24. The predicted molar refractivity (Wildman–Crippen MR) is 168 cm³/mol. The molecule has 2 fully saturated rings.